The number of carbonyl (C=O) groups is 1. The number of aliphatic hydroxyl groups is 1. The van der Waals surface area contributed by atoms with Crippen molar-refractivity contribution in [1.29, 1.82) is 0 Å². The number of rotatable bonds is 8. The fraction of sp³-hybridized carbons (Fsp3) is 0.636. The molecule has 96 valence electrons. The van der Waals surface area contributed by atoms with E-state index in [1.165, 1.54) is 11.3 Å². The summed E-state index contributed by atoms with van der Waals surface area (Å²) in [6.45, 7) is 3.52. The Labute approximate surface area is 105 Å². The van der Waals surface area contributed by atoms with Gasteiger partial charge in [0.05, 0.1) is 24.4 Å². The van der Waals surface area contributed by atoms with E-state index in [9.17, 15) is 4.79 Å². The van der Waals surface area contributed by atoms with Gasteiger partial charge in [-0.3, -0.25) is 4.79 Å². The summed E-state index contributed by atoms with van der Waals surface area (Å²) in [5.41, 5.74) is 0. The minimum atomic E-state index is -0.0793. The van der Waals surface area contributed by atoms with Crippen molar-refractivity contribution < 1.29 is 14.6 Å². The van der Waals surface area contributed by atoms with Crippen LogP contribution in [0.3, 0.4) is 0 Å². The largest absolute Gasteiger partial charge is 0.394 e. The Bertz CT molecular complexity index is 341. The van der Waals surface area contributed by atoms with Crippen LogP contribution in [-0.2, 0) is 11.2 Å². The van der Waals surface area contributed by atoms with Gasteiger partial charge in [0.25, 0.3) is 5.91 Å². The van der Waals surface area contributed by atoms with Gasteiger partial charge in [-0.15, -0.1) is 11.3 Å². The van der Waals surface area contributed by atoms with Crippen molar-refractivity contribution in [2.75, 3.05) is 26.4 Å². The minimum Gasteiger partial charge on any atom is -0.394 e. The molecule has 0 radical (unpaired) electrons. The Morgan fingerprint density at radius 2 is 2.41 bits per heavy atom. The van der Waals surface area contributed by atoms with E-state index >= 15 is 0 Å². The lowest BCUT2D eigenvalue weighted by molar-refractivity contribution is 0.0869. The summed E-state index contributed by atoms with van der Waals surface area (Å²) in [5, 5.41) is 12.3. The van der Waals surface area contributed by atoms with Gasteiger partial charge in [0.2, 0.25) is 0 Å². The fourth-order valence-electron chi connectivity index (χ4n) is 1.21. The molecule has 6 heteroatoms. The molecule has 17 heavy (non-hydrogen) atoms. The average Bonchev–Trinajstić information content (AvgIpc) is 2.82. The number of aliphatic hydroxyl groups excluding tert-OH is 1. The van der Waals surface area contributed by atoms with E-state index in [0.29, 0.717) is 24.6 Å². The van der Waals surface area contributed by atoms with E-state index < -0.39 is 0 Å². The lowest BCUT2D eigenvalue weighted by atomic mass is 10.4. The number of carbonyl (C=O) groups excluding carboxylic acids is 1. The van der Waals surface area contributed by atoms with Crippen LogP contribution >= 0.6 is 11.3 Å². The van der Waals surface area contributed by atoms with Gasteiger partial charge in [0.15, 0.2) is 0 Å². The molecule has 1 rings (SSSR count). The zero-order chi connectivity index (χ0) is 12.5. The van der Waals surface area contributed by atoms with Gasteiger partial charge in [0.1, 0.15) is 4.88 Å². The smallest absolute Gasteiger partial charge is 0.263 e. The molecule has 0 saturated heterocycles. The number of aryl methyl sites for hydroxylation is 1. The highest BCUT2D eigenvalue weighted by molar-refractivity contribution is 7.13. The predicted molar refractivity (Wildman–Crippen MR) is 66.3 cm³/mol. The van der Waals surface area contributed by atoms with E-state index in [1.807, 2.05) is 6.92 Å². The van der Waals surface area contributed by atoms with Gasteiger partial charge in [-0.05, 0) is 12.8 Å². The van der Waals surface area contributed by atoms with Crippen LogP contribution in [0.1, 0.15) is 28.0 Å². The van der Waals surface area contributed by atoms with Crippen molar-refractivity contribution in [3.63, 3.8) is 0 Å². The lowest BCUT2D eigenvalue weighted by Gasteiger charge is -2.03. The first-order chi connectivity index (χ1) is 8.27. The second-order valence-corrected chi connectivity index (χ2v) is 4.53. The fourth-order valence-corrected chi connectivity index (χ4v) is 1.98. The summed E-state index contributed by atoms with van der Waals surface area (Å²) in [4.78, 5) is 16.4. The number of nitrogens with one attached hydrogen (secondary N) is 1. The number of amides is 1. The molecule has 0 bridgehead atoms. The Hall–Kier alpha value is -0.980. The zero-order valence-electron chi connectivity index (χ0n) is 9.94. The number of nitrogens with zero attached hydrogens (tertiary/aromatic N) is 1. The second-order valence-electron chi connectivity index (χ2n) is 3.42. The van der Waals surface area contributed by atoms with Crippen molar-refractivity contribution >= 4 is 17.2 Å². The summed E-state index contributed by atoms with van der Waals surface area (Å²) in [7, 11) is 0. The molecule has 0 saturated carbocycles. The van der Waals surface area contributed by atoms with Crippen LogP contribution < -0.4 is 5.32 Å². The summed E-state index contributed by atoms with van der Waals surface area (Å²) in [6.07, 6.45) is 3.21. The van der Waals surface area contributed by atoms with Gasteiger partial charge in [0, 0.05) is 13.2 Å². The Morgan fingerprint density at radius 1 is 1.59 bits per heavy atom. The molecule has 2 N–H and O–H groups in total. The molecule has 0 aromatic carbocycles. The maximum absolute atomic E-state index is 11.6. The molecule has 0 fully saturated rings. The van der Waals surface area contributed by atoms with Gasteiger partial charge in [-0.1, -0.05) is 6.92 Å². The molecule has 1 amide bonds. The van der Waals surface area contributed by atoms with Crippen molar-refractivity contribution in [2.45, 2.75) is 19.8 Å². The maximum atomic E-state index is 11.6. The molecule has 1 heterocycles. The van der Waals surface area contributed by atoms with E-state index in [0.717, 1.165) is 17.8 Å². The molecule has 1 aromatic heterocycles. The highest BCUT2D eigenvalue weighted by Gasteiger charge is 2.08. The number of aromatic nitrogens is 1. The standard InChI is InChI=1S/C11H18N2O3S/c1-2-10-13-8-9(17-10)11(15)12-4-3-6-16-7-5-14/h8,14H,2-7H2,1H3,(H,12,15). The summed E-state index contributed by atoms with van der Waals surface area (Å²) in [5.74, 6) is -0.0793. The Kier molecular flexibility index (Phi) is 6.76. The first-order valence-corrected chi connectivity index (χ1v) is 6.51. The molecule has 0 aliphatic rings. The number of hydrogen-bond acceptors (Lipinski definition) is 5. The molecule has 0 unspecified atom stereocenters. The molecule has 5 nitrogen and oxygen atoms in total. The third kappa shape index (κ3) is 5.25. The molecule has 0 aliphatic carbocycles. The minimum absolute atomic E-state index is 0.0347. The first-order valence-electron chi connectivity index (χ1n) is 5.69. The molecule has 0 aliphatic heterocycles. The van der Waals surface area contributed by atoms with Gasteiger partial charge >= 0.3 is 0 Å². The van der Waals surface area contributed by atoms with Crippen LogP contribution in [-0.4, -0.2) is 42.4 Å². The van der Waals surface area contributed by atoms with Gasteiger partial charge < -0.3 is 15.2 Å². The third-order valence-corrected chi connectivity index (χ3v) is 3.21. The average molecular weight is 258 g/mol. The van der Waals surface area contributed by atoms with Crippen molar-refractivity contribution in [3.05, 3.63) is 16.1 Å². The number of thiazole rings is 1. The molecular formula is C11H18N2O3S. The quantitative estimate of drug-likeness (QED) is 0.678. The Balaban J connectivity index is 2.16. The monoisotopic (exact) mass is 258 g/mol. The summed E-state index contributed by atoms with van der Waals surface area (Å²) in [6, 6.07) is 0. The predicted octanol–water partition coefficient (Wildman–Crippen LogP) is 0.834. The maximum Gasteiger partial charge on any atom is 0.263 e. The van der Waals surface area contributed by atoms with Crippen LogP contribution in [0.4, 0.5) is 0 Å². The third-order valence-electron chi connectivity index (χ3n) is 2.07. The number of ether oxygens (including phenoxy) is 1. The van der Waals surface area contributed by atoms with Crippen LogP contribution in [0, 0.1) is 0 Å². The molecule has 0 spiro atoms. The van der Waals surface area contributed by atoms with E-state index in [-0.39, 0.29) is 12.5 Å². The molecule has 1 aromatic rings. The van der Waals surface area contributed by atoms with Crippen LogP contribution in [0.2, 0.25) is 0 Å². The Morgan fingerprint density at radius 3 is 3.06 bits per heavy atom. The zero-order valence-corrected chi connectivity index (χ0v) is 10.8. The molecule has 0 atom stereocenters. The van der Waals surface area contributed by atoms with E-state index in [2.05, 4.69) is 10.3 Å². The lowest BCUT2D eigenvalue weighted by Crippen LogP contribution is -2.24. The van der Waals surface area contributed by atoms with Crippen LogP contribution in [0.25, 0.3) is 0 Å². The highest BCUT2D eigenvalue weighted by Crippen LogP contribution is 2.12. The van der Waals surface area contributed by atoms with Gasteiger partial charge in [-0.25, -0.2) is 4.98 Å². The normalized spacial score (nSPS) is 10.5. The summed E-state index contributed by atoms with van der Waals surface area (Å²) >= 11 is 1.43. The van der Waals surface area contributed by atoms with Crippen LogP contribution in [0.15, 0.2) is 6.20 Å². The molecular weight excluding hydrogens is 240 g/mol. The number of hydrogen-bond donors (Lipinski definition) is 2. The summed E-state index contributed by atoms with van der Waals surface area (Å²) < 4.78 is 5.08. The van der Waals surface area contributed by atoms with Gasteiger partial charge in [-0.2, -0.15) is 0 Å². The van der Waals surface area contributed by atoms with Crippen molar-refractivity contribution in [2.24, 2.45) is 0 Å². The topological polar surface area (TPSA) is 71.5 Å². The van der Waals surface area contributed by atoms with Crippen molar-refractivity contribution in [1.82, 2.24) is 10.3 Å². The highest BCUT2D eigenvalue weighted by atomic mass is 32.1. The second kappa shape index (κ2) is 8.16. The van der Waals surface area contributed by atoms with E-state index in [4.69, 9.17) is 9.84 Å². The van der Waals surface area contributed by atoms with Crippen LogP contribution in [0.5, 0.6) is 0 Å². The SMILES string of the molecule is CCc1ncc(C(=O)NCCCOCCO)s1. The van der Waals surface area contributed by atoms with E-state index in [1.54, 1.807) is 6.20 Å². The first kappa shape index (κ1) is 14.1. The van der Waals surface area contributed by atoms with Crippen molar-refractivity contribution in [3.8, 4) is 0 Å².